The van der Waals surface area contributed by atoms with Crippen LogP contribution >= 0.6 is 11.3 Å². The summed E-state index contributed by atoms with van der Waals surface area (Å²) < 4.78 is 12.8. The summed E-state index contributed by atoms with van der Waals surface area (Å²) in [7, 11) is 0. The quantitative estimate of drug-likeness (QED) is 0.413. The van der Waals surface area contributed by atoms with Crippen molar-refractivity contribution in [2.24, 2.45) is 0 Å². The molecular weight excluding hydrogens is 428 g/mol. The number of rotatable bonds is 9. The van der Waals surface area contributed by atoms with E-state index in [2.05, 4.69) is 0 Å². The number of ketones is 1. The van der Waals surface area contributed by atoms with Crippen LogP contribution in [0.4, 0.5) is 0 Å². The van der Waals surface area contributed by atoms with E-state index in [-0.39, 0.29) is 24.4 Å². The van der Waals surface area contributed by atoms with E-state index in [0.29, 0.717) is 47.1 Å². The molecule has 3 rings (SSSR count). The zero-order valence-electron chi connectivity index (χ0n) is 19.5. The molecule has 0 spiro atoms. The van der Waals surface area contributed by atoms with E-state index >= 15 is 0 Å². The predicted molar refractivity (Wildman–Crippen MR) is 124 cm³/mol. The van der Waals surface area contributed by atoms with Crippen LogP contribution < -0.4 is 0 Å². The highest BCUT2D eigenvalue weighted by atomic mass is 32.1. The Kier molecular flexibility index (Phi) is 7.90. The van der Waals surface area contributed by atoms with E-state index in [1.165, 1.54) is 11.3 Å². The smallest absolute Gasteiger partial charge is 0.355 e. The van der Waals surface area contributed by atoms with Gasteiger partial charge in [-0.2, -0.15) is 0 Å². The van der Waals surface area contributed by atoms with Gasteiger partial charge in [-0.3, -0.25) is 9.59 Å². The molecule has 1 aliphatic rings. The highest BCUT2D eigenvalue weighted by Crippen LogP contribution is 2.27. The molecule has 1 saturated heterocycles. The molecule has 0 N–H and O–H groups in total. The van der Waals surface area contributed by atoms with Crippen LogP contribution in [-0.2, 0) is 16.0 Å². The van der Waals surface area contributed by atoms with Crippen molar-refractivity contribution in [2.45, 2.75) is 66.2 Å². The molecule has 2 aromatic heterocycles. The molecule has 3 heterocycles. The van der Waals surface area contributed by atoms with Crippen LogP contribution in [0.3, 0.4) is 0 Å². The van der Waals surface area contributed by atoms with Crippen molar-refractivity contribution in [3.8, 4) is 0 Å². The third kappa shape index (κ3) is 4.66. The topological polar surface area (TPSA) is 77.8 Å². The molecule has 174 valence electrons. The molecule has 2 aromatic rings. The van der Waals surface area contributed by atoms with Crippen molar-refractivity contribution in [2.75, 3.05) is 19.8 Å². The number of amides is 1. The van der Waals surface area contributed by atoms with Gasteiger partial charge in [0.05, 0.1) is 23.6 Å². The van der Waals surface area contributed by atoms with Crippen LogP contribution in [0.2, 0.25) is 0 Å². The molecule has 0 bridgehead atoms. The molecule has 2 atom stereocenters. The minimum Gasteiger partial charge on any atom is -0.461 e. The third-order valence-electron chi connectivity index (χ3n) is 6.06. The van der Waals surface area contributed by atoms with Crippen molar-refractivity contribution in [3.63, 3.8) is 0 Å². The van der Waals surface area contributed by atoms with Gasteiger partial charge in [-0.25, -0.2) is 4.79 Å². The number of nitrogens with zero attached hydrogens (tertiary/aromatic N) is 2. The van der Waals surface area contributed by atoms with Gasteiger partial charge in [0.25, 0.3) is 5.91 Å². The number of ether oxygens (including phenoxy) is 2. The fraction of sp³-hybridized carbons (Fsp3) is 0.542. The zero-order valence-corrected chi connectivity index (χ0v) is 20.3. The van der Waals surface area contributed by atoms with E-state index in [9.17, 15) is 14.4 Å². The minimum absolute atomic E-state index is 0.0771. The van der Waals surface area contributed by atoms with Gasteiger partial charge in [-0.15, -0.1) is 11.3 Å². The highest BCUT2D eigenvalue weighted by molar-refractivity contribution is 7.12. The standard InChI is InChI=1S/C24H32N2O5S/c1-6-25-16(4)20(15(3)21(25)24(29)30-7-2)22(27)17(5)26(14-18-10-8-12-31-18)23(28)19-11-9-13-32-19/h9,11,13,17-18H,6-8,10,12,14H2,1-5H3. The monoisotopic (exact) mass is 460 g/mol. The van der Waals surface area contributed by atoms with E-state index in [1.54, 1.807) is 31.7 Å². The number of Topliss-reactive ketones (excluding diaryl/α,β-unsaturated/α-hetero) is 1. The first-order valence-electron chi connectivity index (χ1n) is 11.2. The molecule has 0 saturated carbocycles. The maximum Gasteiger partial charge on any atom is 0.355 e. The Morgan fingerprint density at radius 2 is 2.06 bits per heavy atom. The molecule has 0 aliphatic carbocycles. The van der Waals surface area contributed by atoms with Crippen LogP contribution in [0.1, 0.15) is 75.4 Å². The van der Waals surface area contributed by atoms with Crippen molar-refractivity contribution in [3.05, 3.63) is 44.9 Å². The number of aromatic nitrogens is 1. The fourth-order valence-electron chi connectivity index (χ4n) is 4.43. The Balaban J connectivity index is 1.97. The summed E-state index contributed by atoms with van der Waals surface area (Å²) in [4.78, 5) is 41.9. The van der Waals surface area contributed by atoms with Crippen LogP contribution in [0, 0.1) is 13.8 Å². The molecule has 2 unspecified atom stereocenters. The minimum atomic E-state index is -0.700. The van der Waals surface area contributed by atoms with Gasteiger partial charge in [0.15, 0.2) is 5.78 Å². The van der Waals surface area contributed by atoms with Gasteiger partial charge < -0.3 is 18.9 Å². The second-order valence-electron chi connectivity index (χ2n) is 8.01. The molecule has 1 aliphatic heterocycles. The fourth-order valence-corrected chi connectivity index (χ4v) is 5.11. The van der Waals surface area contributed by atoms with Gasteiger partial charge >= 0.3 is 5.97 Å². The summed E-state index contributed by atoms with van der Waals surface area (Å²) in [6.07, 6.45) is 1.74. The Morgan fingerprint density at radius 1 is 1.31 bits per heavy atom. The molecule has 1 fully saturated rings. The van der Waals surface area contributed by atoms with E-state index < -0.39 is 12.0 Å². The van der Waals surface area contributed by atoms with Gasteiger partial charge in [-0.1, -0.05) is 6.07 Å². The number of esters is 1. The second kappa shape index (κ2) is 10.4. The number of carbonyl (C=O) groups is 3. The predicted octanol–water partition coefficient (Wildman–Crippen LogP) is 4.26. The van der Waals surface area contributed by atoms with E-state index in [0.717, 1.165) is 12.8 Å². The molecule has 7 nitrogen and oxygen atoms in total. The Hall–Kier alpha value is -2.45. The summed E-state index contributed by atoms with van der Waals surface area (Å²) in [5.41, 5.74) is 2.20. The Morgan fingerprint density at radius 3 is 2.62 bits per heavy atom. The largest absolute Gasteiger partial charge is 0.461 e. The average molecular weight is 461 g/mol. The lowest BCUT2D eigenvalue weighted by Gasteiger charge is -2.30. The van der Waals surface area contributed by atoms with Crippen LogP contribution in [0.5, 0.6) is 0 Å². The molecule has 0 radical (unpaired) electrons. The summed E-state index contributed by atoms with van der Waals surface area (Å²) in [5, 5.41) is 1.85. The van der Waals surface area contributed by atoms with E-state index in [4.69, 9.17) is 9.47 Å². The summed E-state index contributed by atoms with van der Waals surface area (Å²) in [6, 6.07) is 2.90. The summed E-state index contributed by atoms with van der Waals surface area (Å²) >= 11 is 1.36. The maximum absolute atomic E-state index is 13.7. The molecule has 0 aromatic carbocycles. The third-order valence-corrected chi connectivity index (χ3v) is 6.92. The average Bonchev–Trinajstić information content (AvgIpc) is 3.52. The molecule has 32 heavy (non-hydrogen) atoms. The SMILES string of the molecule is CCOC(=O)c1c(C)c(C(=O)C(C)N(CC2CCCO2)C(=O)c2cccs2)c(C)n1CC. The number of thiophene rings is 1. The first kappa shape index (κ1) is 24.2. The normalized spacial score (nSPS) is 16.7. The second-order valence-corrected chi connectivity index (χ2v) is 8.96. The first-order valence-corrected chi connectivity index (χ1v) is 12.1. The molecule has 1 amide bonds. The Bertz CT molecular complexity index is 973. The summed E-state index contributed by atoms with van der Waals surface area (Å²) in [5.74, 6) is -0.791. The lowest BCUT2D eigenvalue weighted by Crippen LogP contribution is -2.47. The van der Waals surface area contributed by atoms with Crippen molar-refractivity contribution in [1.82, 2.24) is 9.47 Å². The lowest BCUT2D eigenvalue weighted by atomic mass is 9.99. The molecule has 8 heteroatoms. The zero-order chi connectivity index (χ0) is 23.4. The van der Waals surface area contributed by atoms with Crippen molar-refractivity contribution >= 4 is 29.0 Å². The Labute approximate surface area is 193 Å². The van der Waals surface area contributed by atoms with Crippen LogP contribution in [-0.4, -0.2) is 59.0 Å². The van der Waals surface area contributed by atoms with E-state index in [1.807, 2.05) is 29.9 Å². The van der Waals surface area contributed by atoms with Gasteiger partial charge in [0, 0.05) is 31.0 Å². The lowest BCUT2D eigenvalue weighted by molar-refractivity contribution is 0.0413. The van der Waals surface area contributed by atoms with Crippen molar-refractivity contribution < 1.29 is 23.9 Å². The highest BCUT2D eigenvalue weighted by Gasteiger charge is 2.35. The number of hydrogen-bond donors (Lipinski definition) is 0. The molecular formula is C24H32N2O5S. The van der Waals surface area contributed by atoms with Crippen LogP contribution in [0.25, 0.3) is 0 Å². The summed E-state index contributed by atoms with van der Waals surface area (Å²) in [6.45, 7) is 10.9. The first-order chi connectivity index (χ1) is 15.3. The number of hydrogen-bond acceptors (Lipinski definition) is 6. The van der Waals surface area contributed by atoms with Gasteiger partial charge in [0.1, 0.15) is 5.69 Å². The number of carbonyl (C=O) groups excluding carboxylic acids is 3. The van der Waals surface area contributed by atoms with Gasteiger partial charge in [0.2, 0.25) is 0 Å². The van der Waals surface area contributed by atoms with Crippen LogP contribution in [0.15, 0.2) is 17.5 Å². The maximum atomic E-state index is 13.7. The van der Waals surface area contributed by atoms with Gasteiger partial charge in [-0.05, 0) is 64.5 Å². The van der Waals surface area contributed by atoms with Crippen molar-refractivity contribution in [1.29, 1.82) is 0 Å².